The summed E-state index contributed by atoms with van der Waals surface area (Å²) in [4.78, 5) is 239. The first-order valence-electron chi connectivity index (χ1n) is 50.9. The maximum atomic E-state index is 14.8. The molecule has 142 heavy (non-hydrogen) atoms. The number of aromatic hydroxyl groups is 1. The number of guanidine groups is 3. The number of ketones is 7. The van der Waals surface area contributed by atoms with E-state index in [1.165, 1.54) is 108 Å². The first-order valence-corrected chi connectivity index (χ1v) is 50.9. The number of phenolic OH excluding ortho intramolecular Hbond substituents is 1. The summed E-state index contributed by atoms with van der Waals surface area (Å²) in [6.07, 6.45) is 26.1. The van der Waals surface area contributed by atoms with E-state index in [0.717, 1.165) is 24.8 Å². The van der Waals surface area contributed by atoms with E-state index in [1.54, 1.807) is 59.1 Å². The number of imidazole rings is 3. The number of rotatable bonds is 76. The van der Waals surface area contributed by atoms with Gasteiger partial charge in [-0.3, -0.25) is 86.9 Å². The molecule has 4 aromatic rings. The van der Waals surface area contributed by atoms with Gasteiger partial charge < -0.3 is 103 Å². The van der Waals surface area contributed by atoms with Crippen molar-refractivity contribution in [3.05, 3.63) is 84.5 Å². The highest BCUT2D eigenvalue weighted by molar-refractivity contribution is 6.00. The predicted molar refractivity (Wildman–Crippen MR) is 546 cm³/mol. The molecule has 40 nitrogen and oxygen atoms in total. The summed E-state index contributed by atoms with van der Waals surface area (Å²) in [7, 11) is 0. The number of aliphatic imine (C=N–C) groups is 3. The number of aliphatic hydroxyl groups excluding tert-OH is 1. The van der Waals surface area contributed by atoms with E-state index in [9.17, 15) is 82.1 Å². The zero-order chi connectivity index (χ0) is 106. The van der Waals surface area contributed by atoms with Crippen molar-refractivity contribution in [2.75, 3.05) is 26.2 Å². The summed E-state index contributed by atoms with van der Waals surface area (Å²) < 4.78 is 0. The van der Waals surface area contributed by atoms with Crippen molar-refractivity contribution in [3.63, 3.8) is 0 Å². The fourth-order valence-electron chi connectivity index (χ4n) is 16.7. The first-order chi connectivity index (χ1) is 67.4. The van der Waals surface area contributed by atoms with E-state index in [0.29, 0.717) is 42.8 Å². The maximum absolute atomic E-state index is 14.8. The number of carbonyl (C=O) groups excluding carboxylic acids is 15. The van der Waals surface area contributed by atoms with Crippen LogP contribution >= 0.6 is 0 Å². The topological polar surface area (TPSA) is 686 Å². The monoisotopic (exact) mass is 1990 g/mol. The van der Waals surface area contributed by atoms with Crippen molar-refractivity contribution in [1.82, 2.24) is 67.1 Å². The number of hydrogen-bond acceptors (Lipinski definition) is 23. The van der Waals surface area contributed by atoms with Crippen LogP contribution in [0.2, 0.25) is 0 Å². The Bertz CT molecular complexity index is 4570. The van der Waals surface area contributed by atoms with Gasteiger partial charge >= 0.3 is 0 Å². The number of aromatic nitrogens is 6. The number of carbonyl (C=O) groups is 15. The van der Waals surface area contributed by atoms with Crippen LogP contribution in [-0.2, 0) is 97.6 Å². The van der Waals surface area contributed by atoms with Crippen molar-refractivity contribution < 1.29 is 82.1 Å². The van der Waals surface area contributed by atoms with Gasteiger partial charge in [-0.2, -0.15) is 0 Å². The van der Waals surface area contributed by atoms with Gasteiger partial charge in [0.1, 0.15) is 11.8 Å². The van der Waals surface area contributed by atoms with Crippen LogP contribution in [0.25, 0.3) is 0 Å². The molecule has 0 radical (unpaired) electrons. The lowest BCUT2D eigenvalue weighted by Gasteiger charge is -2.27. The summed E-state index contributed by atoms with van der Waals surface area (Å²) >= 11 is 0. The van der Waals surface area contributed by atoms with Crippen LogP contribution in [-0.4, -0.2) is 214 Å². The summed E-state index contributed by atoms with van der Waals surface area (Å²) in [5, 5.41) is 39.7. The molecule has 8 amide bonds. The second-order valence-corrected chi connectivity index (χ2v) is 39.1. The number of nitrogens with two attached hydrogens (primary N) is 7. The van der Waals surface area contributed by atoms with Crippen molar-refractivity contribution >= 4 is 106 Å². The summed E-state index contributed by atoms with van der Waals surface area (Å²) in [6.45, 7) is 22.8. The highest BCUT2D eigenvalue weighted by Crippen LogP contribution is 2.28. The molecule has 26 N–H and O–H groups in total. The van der Waals surface area contributed by atoms with Crippen LogP contribution in [0.3, 0.4) is 0 Å². The molecule has 0 aliphatic heterocycles. The van der Waals surface area contributed by atoms with Crippen LogP contribution in [0, 0.1) is 65.1 Å². The number of Topliss-reactive ketones (excluding diaryl/α,β-unsaturated/α-hetero) is 7. The minimum Gasteiger partial charge on any atom is -0.508 e. The third-order valence-electron chi connectivity index (χ3n) is 25.5. The van der Waals surface area contributed by atoms with E-state index >= 15 is 0 Å². The number of phenols is 1. The van der Waals surface area contributed by atoms with Crippen LogP contribution in [0.4, 0.5) is 0 Å². The van der Waals surface area contributed by atoms with Gasteiger partial charge in [0.05, 0.1) is 73.7 Å². The SMILES string of the molecule is CCCCCCCCCCCCCCCC(=O)N[C@@H](Cc1cnc[nH]1)C(=O)C[C@@H](C)C(=O)N[C@H](C(=O)C[C@@H](Cc1cnc[nH]1)C(=O)N[C@@H](C)C(C)=O)C(C)C.CC[C@@H](Cc1ccc(O)cc1)C(=O)N[C@@H](CCCN=C(N)N)C(=O)C[C@@H](Cc1cnc[nH]1)C(=O)N[C@@H](CCCN=C(N)N)C(=O)C[C@@H](CCCN=C(N)N)C(=O)N[C@@H](CC(C)C)C(=O)C[C@@H](CC(C)C)C(=O)N[C@@H](CO)C(=O)C[C@H](C(N)=O)[C@@H](C)CC. The molecule has 794 valence electrons. The molecule has 3 heterocycles. The molecule has 0 aliphatic carbocycles. The standard InChI is InChI=1S/C60H100N16O11.C42H69N7O6/c1-8-36(7)44(53(61)83)30-52(82)48(32-77)76-56(86)40(23-34(3)4)28-51(81)47(24-35(5)6)75-55(85)39(13-10-20-69-58(62)63)27-49(79)45(14-11-21-70-59(64)65)74-57(87)41(26-42-31-68-33-72-42)29-50(80)46(15-12-22-71-60(66)67)73-54(84)38(9-2)25-37-16-18-43(78)19-17-37;1-7-8-9-10-11-12-13-14-15-16-17-18-19-20-39(53)48-36(24-35-26-44-28-46-35)37(51)21-30(4)41(54)49-40(29(2)3)38(52)23-33(22-34-25-43-27-45-34)42(55)47-31(5)32(6)50/h16-19,31,33-36,38-41,44-48,77-78H,8-15,20-30,32H2,1-7H3,(H2,61,83)(H,68,72)(H,73,84)(H,74,87)(H,75,85)(H,76,86)(H4,62,63,69)(H4,64,65,70)(H4,66,67,71);25-31,33,36,40H,7-24H2,1-6H3,(H,43,45)(H,44,46)(H,47,55)(H,48,53)(H,49,54)/t36-,38-,39+,40+,41+,44-,45-,46-,47-,48-;30-,31+,33-,36+,40+/m01/s1. The lowest BCUT2D eigenvalue weighted by atomic mass is 9.85. The average Bonchev–Trinajstić information content (AvgIpc) is 1.18. The van der Waals surface area contributed by atoms with E-state index < -0.39 is 168 Å². The second-order valence-electron chi connectivity index (χ2n) is 39.1. The van der Waals surface area contributed by atoms with Gasteiger partial charge in [0, 0.05) is 149 Å². The molecule has 0 aliphatic rings. The molecule has 3 aromatic heterocycles. The van der Waals surface area contributed by atoms with Gasteiger partial charge in [0.2, 0.25) is 47.3 Å². The number of amides is 8. The Morgan fingerprint density at radius 2 is 0.789 bits per heavy atom. The molecule has 0 saturated carbocycles. The van der Waals surface area contributed by atoms with Crippen LogP contribution < -0.4 is 77.4 Å². The number of nitrogens with one attached hydrogen (secondary N) is 10. The average molecular weight is 1990 g/mol. The fourth-order valence-corrected chi connectivity index (χ4v) is 16.7. The quantitative estimate of drug-likeness (QED) is 0.0118. The lowest BCUT2D eigenvalue weighted by molar-refractivity contribution is -0.136. The molecular formula is C102H169N23O17. The summed E-state index contributed by atoms with van der Waals surface area (Å²) in [5.74, 6) is -14.8. The Balaban J connectivity index is 0.000000808. The Labute approximate surface area is 838 Å². The molecule has 40 heteroatoms. The highest BCUT2D eigenvalue weighted by Gasteiger charge is 2.39. The van der Waals surface area contributed by atoms with Crippen LogP contribution in [0.5, 0.6) is 5.75 Å². The predicted octanol–water partition coefficient (Wildman–Crippen LogP) is 7.23. The first kappa shape index (κ1) is 124. The number of aromatic amines is 3. The summed E-state index contributed by atoms with van der Waals surface area (Å²) in [5.41, 5.74) is 41.9. The molecule has 15 atom stereocenters. The van der Waals surface area contributed by atoms with E-state index in [2.05, 4.69) is 89.0 Å². The smallest absolute Gasteiger partial charge is 0.224 e. The molecule has 4 rings (SSSR count). The van der Waals surface area contributed by atoms with E-state index in [1.807, 2.05) is 41.5 Å². The number of H-pyrrole nitrogens is 3. The van der Waals surface area contributed by atoms with Gasteiger partial charge in [-0.1, -0.05) is 172 Å². The molecule has 0 unspecified atom stereocenters. The lowest BCUT2D eigenvalue weighted by Crippen LogP contribution is -2.50. The van der Waals surface area contributed by atoms with Crippen molar-refractivity contribution in [2.24, 2.45) is 120 Å². The Morgan fingerprint density at radius 1 is 0.387 bits per heavy atom. The van der Waals surface area contributed by atoms with Gasteiger partial charge in [0.15, 0.2) is 58.4 Å². The van der Waals surface area contributed by atoms with Gasteiger partial charge in [0.25, 0.3) is 0 Å². The van der Waals surface area contributed by atoms with Gasteiger partial charge in [-0.25, -0.2) is 15.0 Å². The Kier molecular flexibility index (Phi) is 60.2. The number of nitrogens with zero attached hydrogens (tertiary/aromatic N) is 6. The minimum absolute atomic E-state index is 0.0165. The largest absolute Gasteiger partial charge is 0.508 e. The van der Waals surface area contributed by atoms with Crippen molar-refractivity contribution in [1.29, 1.82) is 0 Å². The number of aliphatic hydroxyl groups is 1. The normalized spacial score (nSPS) is 14.5. The molecular weight excluding hydrogens is 1820 g/mol. The molecule has 0 saturated heterocycles. The number of primary amides is 1. The maximum Gasteiger partial charge on any atom is 0.224 e. The highest BCUT2D eigenvalue weighted by atomic mass is 16.3. The van der Waals surface area contributed by atoms with Crippen molar-refractivity contribution in [3.8, 4) is 5.75 Å². The van der Waals surface area contributed by atoms with E-state index in [4.69, 9.17) is 40.1 Å². The molecule has 0 fully saturated rings. The Morgan fingerprint density at radius 3 is 1.23 bits per heavy atom. The third kappa shape index (κ3) is 51.0. The fraction of sp³-hybridized carbons (Fsp3) is 0.676. The molecule has 0 bridgehead atoms. The molecule has 0 spiro atoms. The summed E-state index contributed by atoms with van der Waals surface area (Å²) in [6, 6.07) is -0.905. The number of benzene rings is 1. The number of unbranched alkanes of at least 4 members (excludes halogenated alkanes) is 12. The zero-order valence-corrected chi connectivity index (χ0v) is 86.3. The van der Waals surface area contributed by atoms with Crippen LogP contribution in [0.15, 0.2) is 76.8 Å². The van der Waals surface area contributed by atoms with Crippen molar-refractivity contribution in [2.45, 2.75) is 351 Å². The molecule has 1 aromatic carbocycles. The van der Waals surface area contributed by atoms with Crippen LogP contribution in [0.1, 0.15) is 305 Å². The van der Waals surface area contributed by atoms with Gasteiger partial charge in [-0.05, 0) is 126 Å². The second kappa shape index (κ2) is 68.9. The zero-order valence-electron chi connectivity index (χ0n) is 86.3. The Hall–Kier alpha value is -12.1. The van der Waals surface area contributed by atoms with E-state index in [-0.39, 0.29) is 187 Å². The number of hydrogen-bond donors (Lipinski definition) is 19. The third-order valence-corrected chi connectivity index (χ3v) is 25.5. The minimum atomic E-state index is -1.38. The van der Waals surface area contributed by atoms with Gasteiger partial charge in [-0.15, -0.1) is 0 Å².